The summed E-state index contributed by atoms with van der Waals surface area (Å²) in [4.78, 5) is 10.6. The van der Waals surface area contributed by atoms with Gasteiger partial charge in [-0.3, -0.25) is 0 Å². The van der Waals surface area contributed by atoms with E-state index in [4.69, 9.17) is 0 Å². The van der Waals surface area contributed by atoms with Crippen molar-refractivity contribution in [3.63, 3.8) is 0 Å². The van der Waals surface area contributed by atoms with Crippen LogP contribution in [0, 0.1) is 0 Å². The molecule has 0 saturated carbocycles. The first kappa shape index (κ1) is 8.53. The third-order valence-corrected chi connectivity index (χ3v) is 1.59. The molecule has 0 saturated heterocycles. The number of aliphatic carboxylic acids is 1. The van der Waals surface area contributed by atoms with Gasteiger partial charge < -0.3 is 9.90 Å². The molecule has 0 aromatic heterocycles. The summed E-state index contributed by atoms with van der Waals surface area (Å²) >= 11 is 0. The van der Waals surface area contributed by atoms with Crippen molar-refractivity contribution in [3.8, 4) is 0 Å². The van der Waals surface area contributed by atoms with Gasteiger partial charge in [0, 0.05) is 5.57 Å². The van der Waals surface area contributed by atoms with Crippen LogP contribution in [0.1, 0.15) is 12.5 Å². The molecule has 0 heterocycles. The van der Waals surface area contributed by atoms with Crippen LogP contribution in [0.4, 0.5) is 0 Å². The van der Waals surface area contributed by atoms with Crippen molar-refractivity contribution in [1.29, 1.82) is 0 Å². The van der Waals surface area contributed by atoms with E-state index in [2.05, 4.69) is 0 Å². The summed E-state index contributed by atoms with van der Waals surface area (Å²) in [7, 11) is 0. The van der Waals surface area contributed by atoms with Crippen LogP contribution in [0.2, 0.25) is 0 Å². The predicted octanol–water partition coefficient (Wildman–Crippen LogP) is 0.840. The number of rotatable bonds is 2. The number of hydrogen-bond acceptors (Lipinski definition) is 2. The standard InChI is InChI=1S/C10H10O2/c1-2-9(10(11)12)8-6-4-3-5-7-8/h2-7H,1H3,(H,11,12)/p-1/b9-2-. The van der Waals surface area contributed by atoms with Crippen molar-refractivity contribution in [2.45, 2.75) is 6.92 Å². The number of carboxylic acid groups (broad SMARTS) is 1. The number of carbonyl (C=O) groups is 1. The molecule has 2 heteroatoms. The highest BCUT2D eigenvalue weighted by Gasteiger charge is 1.98. The Bertz CT molecular complexity index is 299. The predicted molar refractivity (Wildman–Crippen MR) is 45.1 cm³/mol. The average molecular weight is 161 g/mol. The minimum atomic E-state index is -1.14. The van der Waals surface area contributed by atoms with Gasteiger partial charge in [0.1, 0.15) is 0 Å². The molecule has 0 aliphatic rings. The molecule has 0 N–H and O–H groups in total. The maximum Gasteiger partial charge on any atom is 0.0718 e. The molecule has 0 radical (unpaired) electrons. The number of benzene rings is 1. The second-order valence-electron chi connectivity index (χ2n) is 2.36. The molecule has 1 aromatic carbocycles. The topological polar surface area (TPSA) is 40.1 Å². The molecule has 0 spiro atoms. The number of allylic oxidation sites excluding steroid dienone is 1. The Morgan fingerprint density at radius 2 is 1.92 bits per heavy atom. The van der Waals surface area contributed by atoms with Gasteiger partial charge in [-0.15, -0.1) is 0 Å². The van der Waals surface area contributed by atoms with Gasteiger partial charge in [-0.05, 0) is 12.5 Å². The summed E-state index contributed by atoms with van der Waals surface area (Å²) in [6.45, 7) is 1.68. The molecule has 1 rings (SSSR count). The molecule has 0 aliphatic heterocycles. The normalized spacial score (nSPS) is 11.2. The van der Waals surface area contributed by atoms with E-state index in [1.807, 2.05) is 6.07 Å². The van der Waals surface area contributed by atoms with Crippen LogP contribution in [0.5, 0.6) is 0 Å². The minimum Gasteiger partial charge on any atom is -0.545 e. The van der Waals surface area contributed by atoms with E-state index in [1.165, 1.54) is 6.08 Å². The fourth-order valence-electron chi connectivity index (χ4n) is 1.02. The van der Waals surface area contributed by atoms with Crippen molar-refractivity contribution in [1.82, 2.24) is 0 Å². The van der Waals surface area contributed by atoms with Crippen LogP contribution >= 0.6 is 0 Å². The van der Waals surface area contributed by atoms with Crippen LogP contribution in [0.3, 0.4) is 0 Å². The van der Waals surface area contributed by atoms with Gasteiger partial charge >= 0.3 is 0 Å². The quantitative estimate of drug-likeness (QED) is 0.603. The first-order chi connectivity index (χ1) is 5.75. The zero-order chi connectivity index (χ0) is 8.97. The average Bonchev–Trinajstić information content (AvgIpc) is 2.07. The van der Waals surface area contributed by atoms with E-state index in [0.29, 0.717) is 5.56 Å². The summed E-state index contributed by atoms with van der Waals surface area (Å²) in [5.74, 6) is -1.14. The summed E-state index contributed by atoms with van der Waals surface area (Å²) in [5.41, 5.74) is 0.913. The van der Waals surface area contributed by atoms with Crippen molar-refractivity contribution in [2.24, 2.45) is 0 Å². The lowest BCUT2D eigenvalue weighted by Crippen LogP contribution is -2.23. The van der Waals surface area contributed by atoms with Crippen molar-refractivity contribution in [3.05, 3.63) is 42.0 Å². The van der Waals surface area contributed by atoms with Gasteiger partial charge in [-0.2, -0.15) is 0 Å². The summed E-state index contributed by atoms with van der Waals surface area (Å²) in [5, 5.41) is 10.6. The fraction of sp³-hybridized carbons (Fsp3) is 0.100. The molecule has 12 heavy (non-hydrogen) atoms. The van der Waals surface area contributed by atoms with Crippen molar-refractivity contribution >= 4 is 11.5 Å². The van der Waals surface area contributed by atoms with E-state index in [1.54, 1.807) is 31.2 Å². The Balaban J connectivity index is 3.05. The highest BCUT2D eigenvalue weighted by atomic mass is 16.4. The molecule has 0 bridgehead atoms. The number of carboxylic acids is 1. The molecule has 0 amide bonds. The van der Waals surface area contributed by atoms with Crippen LogP contribution in [-0.4, -0.2) is 5.97 Å². The Hall–Kier alpha value is -1.57. The second-order valence-corrected chi connectivity index (χ2v) is 2.36. The van der Waals surface area contributed by atoms with Gasteiger partial charge in [-0.25, -0.2) is 0 Å². The summed E-state index contributed by atoms with van der Waals surface area (Å²) in [6, 6.07) is 8.91. The van der Waals surface area contributed by atoms with E-state index >= 15 is 0 Å². The fourth-order valence-corrected chi connectivity index (χ4v) is 1.02. The molecular formula is C10H9O2-. The maximum atomic E-state index is 10.6. The third kappa shape index (κ3) is 1.72. The van der Waals surface area contributed by atoms with Crippen LogP contribution < -0.4 is 5.11 Å². The van der Waals surface area contributed by atoms with Crippen LogP contribution in [-0.2, 0) is 4.79 Å². The lowest BCUT2D eigenvalue weighted by Gasteiger charge is -2.06. The molecule has 2 nitrogen and oxygen atoms in total. The lowest BCUT2D eigenvalue weighted by atomic mass is 10.1. The Labute approximate surface area is 71.2 Å². The molecule has 0 fully saturated rings. The highest BCUT2D eigenvalue weighted by Crippen LogP contribution is 2.11. The highest BCUT2D eigenvalue weighted by molar-refractivity contribution is 6.13. The van der Waals surface area contributed by atoms with E-state index in [-0.39, 0.29) is 5.57 Å². The molecule has 0 atom stereocenters. The van der Waals surface area contributed by atoms with Gasteiger partial charge in [0.15, 0.2) is 0 Å². The SMILES string of the molecule is C/C=C(\C(=O)[O-])c1ccccc1. The van der Waals surface area contributed by atoms with E-state index < -0.39 is 5.97 Å². The van der Waals surface area contributed by atoms with Crippen LogP contribution in [0.15, 0.2) is 36.4 Å². The molecular weight excluding hydrogens is 152 g/mol. The first-order valence-corrected chi connectivity index (χ1v) is 3.68. The monoisotopic (exact) mass is 161 g/mol. The smallest absolute Gasteiger partial charge is 0.0718 e. The first-order valence-electron chi connectivity index (χ1n) is 3.68. The Kier molecular flexibility index (Phi) is 2.64. The van der Waals surface area contributed by atoms with Gasteiger partial charge in [0.2, 0.25) is 0 Å². The third-order valence-electron chi connectivity index (χ3n) is 1.59. The van der Waals surface area contributed by atoms with E-state index in [9.17, 15) is 9.90 Å². The molecule has 1 aromatic rings. The van der Waals surface area contributed by atoms with Gasteiger partial charge in [0.05, 0.1) is 5.97 Å². The largest absolute Gasteiger partial charge is 0.545 e. The molecule has 0 aliphatic carbocycles. The maximum absolute atomic E-state index is 10.6. The zero-order valence-electron chi connectivity index (χ0n) is 6.78. The van der Waals surface area contributed by atoms with E-state index in [0.717, 1.165) is 0 Å². The van der Waals surface area contributed by atoms with Gasteiger partial charge in [0.25, 0.3) is 0 Å². The lowest BCUT2D eigenvalue weighted by molar-refractivity contribution is -0.295. The summed E-state index contributed by atoms with van der Waals surface area (Å²) in [6.07, 6.45) is 1.53. The van der Waals surface area contributed by atoms with Gasteiger partial charge in [-0.1, -0.05) is 36.4 Å². The molecule has 62 valence electrons. The Morgan fingerprint density at radius 3 is 2.33 bits per heavy atom. The molecule has 0 unspecified atom stereocenters. The zero-order valence-corrected chi connectivity index (χ0v) is 6.78. The second kappa shape index (κ2) is 3.72. The number of hydrogen-bond donors (Lipinski definition) is 0. The summed E-state index contributed by atoms with van der Waals surface area (Å²) < 4.78 is 0. The Morgan fingerprint density at radius 1 is 1.33 bits per heavy atom. The minimum absolute atomic E-state index is 0.232. The number of carbonyl (C=O) groups excluding carboxylic acids is 1. The van der Waals surface area contributed by atoms with Crippen molar-refractivity contribution < 1.29 is 9.90 Å². The van der Waals surface area contributed by atoms with Crippen LogP contribution in [0.25, 0.3) is 5.57 Å². The van der Waals surface area contributed by atoms with Crippen molar-refractivity contribution in [2.75, 3.05) is 0 Å².